The van der Waals surface area contributed by atoms with Crippen LogP contribution < -0.4 is 5.73 Å². The first kappa shape index (κ1) is 11.8. The van der Waals surface area contributed by atoms with E-state index in [4.69, 9.17) is 17.3 Å². The minimum atomic E-state index is -0.419. The molecule has 0 unspecified atom stereocenters. The highest BCUT2D eigenvalue weighted by Gasteiger charge is 2.06. The lowest BCUT2D eigenvalue weighted by Gasteiger charge is -2.06. The Balaban J connectivity index is 2.18. The van der Waals surface area contributed by atoms with Crippen molar-refractivity contribution in [1.29, 1.82) is 0 Å². The number of carbonyl (C=O) groups is 1. The molecule has 2 aromatic carbocycles. The van der Waals surface area contributed by atoms with E-state index in [2.05, 4.69) is 0 Å². The molecule has 4 heteroatoms. The second kappa shape index (κ2) is 4.44. The van der Waals surface area contributed by atoms with Gasteiger partial charge in [0, 0.05) is 27.9 Å². The lowest BCUT2D eigenvalue weighted by molar-refractivity contribution is 0.100. The molecular weight excluding hydrogens is 260 g/mol. The number of primary amides is 1. The highest BCUT2D eigenvalue weighted by atomic mass is 35.5. The lowest BCUT2D eigenvalue weighted by atomic mass is 10.1. The fourth-order valence-corrected chi connectivity index (χ4v) is 2.33. The summed E-state index contributed by atoms with van der Waals surface area (Å²) in [6.07, 6.45) is 1.95. The van der Waals surface area contributed by atoms with Crippen LogP contribution in [-0.4, -0.2) is 10.5 Å². The summed E-state index contributed by atoms with van der Waals surface area (Å²) in [7, 11) is 0. The zero-order chi connectivity index (χ0) is 13.4. The molecule has 0 aliphatic rings. The molecule has 0 fully saturated rings. The molecule has 0 bridgehead atoms. The Labute approximate surface area is 115 Å². The lowest BCUT2D eigenvalue weighted by Crippen LogP contribution is -2.10. The van der Waals surface area contributed by atoms with Crippen molar-refractivity contribution in [2.45, 2.75) is 0 Å². The Morgan fingerprint density at radius 2 is 1.95 bits per heavy atom. The number of hydrogen-bond acceptors (Lipinski definition) is 1. The van der Waals surface area contributed by atoms with Crippen LogP contribution in [0.2, 0.25) is 5.02 Å². The highest BCUT2D eigenvalue weighted by molar-refractivity contribution is 6.30. The summed E-state index contributed by atoms with van der Waals surface area (Å²) in [5, 5.41) is 1.66. The number of nitrogens with zero attached hydrogens (tertiary/aromatic N) is 1. The number of benzene rings is 2. The second-order valence-corrected chi connectivity index (χ2v) is 4.74. The Kier molecular flexibility index (Phi) is 2.76. The zero-order valence-electron chi connectivity index (χ0n) is 10.0. The first-order valence-corrected chi connectivity index (χ1v) is 6.20. The molecule has 1 aromatic heterocycles. The number of carbonyl (C=O) groups excluding carboxylic acids is 1. The topological polar surface area (TPSA) is 48.0 Å². The number of nitrogens with two attached hydrogens (primary N) is 1. The minimum absolute atomic E-state index is 0.419. The maximum Gasteiger partial charge on any atom is 0.248 e. The SMILES string of the molecule is NC(=O)c1ccc2c(ccn2-c2cccc(Cl)c2)c1. The van der Waals surface area contributed by atoms with Crippen molar-refractivity contribution in [2.24, 2.45) is 5.73 Å². The van der Waals surface area contributed by atoms with E-state index in [9.17, 15) is 4.79 Å². The molecule has 0 atom stereocenters. The van der Waals surface area contributed by atoms with Gasteiger partial charge < -0.3 is 10.3 Å². The summed E-state index contributed by atoms with van der Waals surface area (Å²) >= 11 is 6.01. The molecule has 3 nitrogen and oxygen atoms in total. The van der Waals surface area contributed by atoms with Crippen LogP contribution in [0.4, 0.5) is 0 Å². The van der Waals surface area contributed by atoms with Crippen molar-refractivity contribution in [1.82, 2.24) is 4.57 Å². The van der Waals surface area contributed by atoms with E-state index in [0.29, 0.717) is 10.6 Å². The van der Waals surface area contributed by atoms with Crippen molar-refractivity contribution in [3.05, 3.63) is 65.3 Å². The van der Waals surface area contributed by atoms with Crippen molar-refractivity contribution in [3.8, 4) is 5.69 Å². The molecule has 3 aromatic rings. The van der Waals surface area contributed by atoms with Gasteiger partial charge in [0.25, 0.3) is 0 Å². The molecule has 1 amide bonds. The van der Waals surface area contributed by atoms with Gasteiger partial charge in [0.1, 0.15) is 0 Å². The van der Waals surface area contributed by atoms with Crippen LogP contribution in [0, 0.1) is 0 Å². The van der Waals surface area contributed by atoms with Crippen LogP contribution >= 0.6 is 11.6 Å². The molecule has 19 heavy (non-hydrogen) atoms. The van der Waals surface area contributed by atoms with E-state index >= 15 is 0 Å². The maximum atomic E-state index is 11.2. The standard InChI is InChI=1S/C15H11ClN2O/c16-12-2-1-3-13(9-12)18-7-6-10-8-11(15(17)19)4-5-14(10)18/h1-9H,(H2,17,19). The second-order valence-electron chi connectivity index (χ2n) is 4.30. The Morgan fingerprint density at radius 3 is 2.68 bits per heavy atom. The highest BCUT2D eigenvalue weighted by Crippen LogP contribution is 2.23. The van der Waals surface area contributed by atoms with Gasteiger partial charge in [-0.25, -0.2) is 0 Å². The molecule has 94 valence electrons. The van der Waals surface area contributed by atoms with E-state index in [-0.39, 0.29) is 0 Å². The maximum absolute atomic E-state index is 11.2. The molecule has 0 saturated heterocycles. The fraction of sp³-hybridized carbons (Fsp3) is 0. The van der Waals surface area contributed by atoms with E-state index in [1.807, 2.05) is 47.2 Å². The van der Waals surface area contributed by atoms with E-state index in [1.165, 1.54) is 0 Å². The van der Waals surface area contributed by atoms with Crippen molar-refractivity contribution in [3.63, 3.8) is 0 Å². The van der Waals surface area contributed by atoms with Crippen LogP contribution in [0.3, 0.4) is 0 Å². The predicted octanol–water partition coefficient (Wildman–Crippen LogP) is 3.38. The summed E-state index contributed by atoms with van der Waals surface area (Å²) in [6.45, 7) is 0. The molecule has 1 heterocycles. The molecule has 0 aliphatic carbocycles. The van der Waals surface area contributed by atoms with Crippen molar-refractivity contribution < 1.29 is 4.79 Å². The molecule has 0 aliphatic heterocycles. The number of halogens is 1. The van der Waals surface area contributed by atoms with Gasteiger partial charge in [-0.3, -0.25) is 4.79 Å². The third kappa shape index (κ3) is 2.09. The summed E-state index contributed by atoms with van der Waals surface area (Å²) < 4.78 is 2.02. The Hall–Kier alpha value is -2.26. The van der Waals surface area contributed by atoms with E-state index in [0.717, 1.165) is 16.6 Å². The number of rotatable bonds is 2. The monoisotopic (exact) mass is 270 g/mol. The van der Waals surface area contributed by atoms with Gasteiger partial charge in [-0.1, -0.05) is 17.7 Å². The largest absolute Gasteiger partial charge is 0.366 e. The normalized spacial score (nSPS) is 10.8. The van der Waals surface area contributed by atoms with Crippen LogP contribution in [-0.2, 0) is 0 Å². The van der Waals surface area contributed by atoms with Gasteiger partial charge in [-0.2, -0.15) is 0 Å². The average molecular weight is 271 g/mol. The van der Waals surface area contributed by atoms with Crippen LogP contribution in [0.1, 0.15) is 10.4 Å². The van der Waals surface area contributed by atoms with Gasteiger partial charge >= 0.3 is 0 Å². The Morgan fingerprint density at radius 1 is 1.11 bits per heavy atom. The van der Waals surface area contributed by atoms with Crippen molar-refractivity contribution >= 4 is 28.4 Å². The van der Waals surface area contributed by atoms with Crippen molar-refractivity contribution in [2.75, 3.05) is 0 Å². The van der Waals surface area contributed by atoms with Crippen LogP contribution in [0.5, 0.6) is 0 Å². The smallest absolute Gasteiger partial charge is 0.248 e. The minimum Gasteiger partial charge on any atom is -0.366 e. The molecule has 2 N–H and O–H groups in total. The van der Waals surface area contributed by atoms with Gasteiger partial charge in [-0.05, 0) is 42.5 Å². The Bertz CT molecular complexity index is 777. The third-order valence-electron chi connectivity index (χ3n) is 3.06. The number of fused-ring (bicyclic) bond motifs is 1. The number of aromatic nitrogens is 1. The first-order valence-electron chi connectivity index (χ1n) is 5.82. The predicted molar refractivity (Wildman–Crippen MR) is 76.8 cm³/mol. The van der Waals surface area contributed by atoms with Gasteiger partial charge in [0.15, 0.2) is 0 Å². The first-order chi connectivity index (χ1) is 9.15. The summed E-state index contributed by atoms with van der Waals surface area (Å²) in [6, 6.07) is 15.0. The third-order valence-corrected chi connectivity index (χ3v) is 3.30. The van der Waals surface area contributed by atoms with Gasteiger partial charge in [-0.15, -0.1) is 0 Å². The molecular formula is C15H11ClN2O. The number of hydrogen-bond donors (Lipinski definition) is 1. The average Bonchev–Trinajstić information content (AvgIpc) is 2.81. The van der Waals surface area contributed by atoms with Gasteiger partial charge in [0.2, 0.25) is 5.91 Å². The fourth-order valence-electron chi connectivity index (χ4n) is 2.15. The summed E-state index contributed by atoms with van der Waals surface area (Å²) in [5.74, 6) is -0.419. The van der Waals surface area contributed by atoms with E-state index in [1.54, 1.807) is 12.1 Å². The number of amides is 1. The van der Waals surface area contributed by atoms with Crippen LogP contribution in [0.15, 0.2) is 54.7 Å². The summed E-state index contributed by atoms with van der Waals surface area (Å²) in [4.78, 5) is 11.2. The van der Waals surface area contributed by atoms with Gasteiger partial charge in [0.05, 0.1) is 5.52 Å². The molecule has 3 rings (SSSR count). The molecule has 0 saturated carbocycles. The summed E-state index contributed by atoms with van der Waals surface area (Å²) in [5.41, 5.74) is 7.78. The van der Waals surface area contributed by atoms with Crippen LogP contribution in [0.25, 0.3) is 16.6 Å². The quantitative estimate of drug-likeness (QED) is 0.762. The zero-order valence-corrected chi connectivity index (χ0v) is 10.8. The molecule has 0 radical (unpaired) electrons. The van der Waals surface area contributed by atoms with E-state index < -0.39 is 5.91 Å². The molecule has 0 spiro atoms.